The summed E-state index contributed by atoms with van der Waals surface area (Å²) in [5.41, 5.74) is 1.36. The number of carbonyl (C=O) groups is 1. The number of anilines is 1. The van der Waals surface area contributed by atoms with E-state index < -0.39 is 10.0 Å². The van der Waals surface area contributed by atoms with E-state index in [1.54, 1.807) is 12.1 Å². The van der Waals surface area contributed by atoms with Crippen molar-refractivity contribution in [1.82, 2.24) is 4.31 Å². The van der Waals surface area contributed by atoms with Gasteiger partial charge in [-0.3, -0.25) is 4.79 Å². The largest absolute Gasteiger partial charge is 0.379 e. The van der Waals surface area contributed by atoms with E-state index in [9.17, 15) is 13.2 Å². The molecule has 122 valence electrons. The van der Waals surface area contributed by atoms with Crippen molar-refractivity contribution in [2.75, 3.05) is 43.6 Å². The number of nitrogens with one attached hydrogen (secondary N) is 1. The van der Waals surface area contributed by atoms with Gasteiger partial charge in [0.25, 0.3) is 0 Å². The lowest BCUT2D eigenvalue weighted by Gasteiger charge is -2.26. The number of morpholine rings is 1. The molecule has 0 aliphatic carbocycles. The number of benzene rings is 1. The van der Waals surface area contributed by atoms with Gasteiger partial charge in [-0.25, -0.2) is 8.42 Å². The molecule has 8 heteroatoms. The van der Waals surface area contributed by atoms with Gasteiger partial charge in [0.1, 0.15) is 0 Å². The summed E-state index contributed by atoms with van der Waals surface area (Å²) in [6.07, 6.45) is 1.84. The van der Waals surface area contributed by atoms with Gasteiger partial charge in [0.05, 0.1) is 23.9 Å². The Hall–Kier alpha value is -1.09. The zero-order chi connectivity index (χ0) is 16.2. The van der Waals surface area contributed by atoms with E-state index in [4.69, 9.17) is 4.74 Å². The second kappa shape index (κ2) is 7.45. The molecule has 0 bridgehead atoms. The first-order valence-electron chi connectivity index (χ1n) is 6.92. The SMILES string of the molecule is CSCC(=O)Nc1cc(S(=O)(=O)N2CCOCC2)ccc1C. The van der Waals surface area contributed by atoms with Crippen molar-refractivity contribution in [2.45, 2.75) is 11.8 Å². The first-order chi connectivity index (χ1) is 10.4. The van der Waals surface area contributed by atoms with Crippen LogP contribution in [0.15, 0.2) is 23.1 Å². The summed E-state index contributed by atoms with van der Waals surface area (Å²) in [6, 6.07) is 4.81. The Morgan fingerprint density at radius 2 is 2.05 bits per heavy atom. The third-order valence-electron chi connectivity index (χ3n) is 3.37. The van der Waals surface area contributed by atoms with Crippen LogP contribution in [-0.2, 0) is 19.6 Å². The van der Waals surface area contributed by atoms with E-state index in [0.29, 0.717) is 37.7 Å². The van der Waals surface area contributed by atoms with Crippen LogP contribution in [0.1, 0.15) is 5.56 Å². The second-order valence-electron chi connectivity index (χ2n) is 4.97. The molecule has 0 radical (unpaired) electrons. The lowest BCUT2D eigenvalue weighted by Crippen LogP contribution is -2.40. The third-order valence-corrected chi connectivity index (χ3v) is 5.81. The average molecular weight is 344 g/mol. The van der Waals surface area contributed by atoms with Gasteiger partial charge >= 0.3 is 0 Å². The molecule has 0 aromatic heterocycles. The molecule has 1 aromatic rings. The number of sulfonamides is 1. The summed E-state index contributed by atoms with van der Waals surface area (Å²) in [6.45, 7) is 3.35. The number of amides is 1. The summed E-state index contributed by atoms with van der Waals surface area (Å²) < 4.78 is 31.8. The highest BCUT2D eigenvalue weighted by atomic mass is 32.2. The number of thioether (sulfide) groups is 1. The molecule has 1 aliphatic rings. The summed E-state index contributed by atoms with van der Waals surface area (Å²) in [5, 5.41) is 2.76. The van der Waals surface area contributed by atoms with Crippen molar-refractivity contribution >= 4 is 33.4 Å². The molecule has 1 heterocycles. The van der Waals surface area contributed by atoms with Crippen molar-refractivity contribution in [1.29, 1.82) is 0 Å². The fourth-order valence-electron chi connectivity index (χ4n) is 2.15. The van der Waals surface area contributed by atoms with Crippen molar-refractivity contribution in [3.63, 3.8) is 0 Å². The molecule has 0 saturated carbocycles. The van der Waals surface area contributed by atoms with Gasteiger partial charge in [-0.05, 0) is 30.9 Å². The summed E-state index contributed by atoms with van der Waals surface area (Å²) in [4.78, 5) is 11.9. The van der Waals surface area contributed by atoms with Crippen molar-refractivity contribution < 1.29 is 17.9 Å². The number of hydrogen-bond donors (Lipinski definition) is 1. The molecular weight excluding hydrogens is 324 g/mol. The van der Waals surface area contributed by atoms with E-state index in [0.717, 1.165) is 5.56 Å². The Balaban J connectivity index is 2.26. The monoisotopic (exact) mass is 344 g/mol. The number of ether oxygens (including phenoxy) is 1. The summed E-state index contributed by atoms with van der Waals surface area (Å²) >= 11 is 1.41. The van der Waals surface area contributed by atoms with Crippen molar-refractivity contribution in [2.24, 2.45) is 0 Å². The predicted molar refractivity (Wildman–Crippen MR) is 87.8 cm³/mol. The minimum atomic E-state index is -3.55. The Bertz CT molecular complexity index is 640. The fourth-order valence-corrected chi connectivity index (χ4v) is 3.92. The molecule has 1 saturated heterocycles. The Morgan fingerprint density at radius 1 is 1.36 bits per heavy atom. The maximum atomic E-state index is 12.6. The molecule has 1 N–H and O–H groups in total. The second-order valence-corrected chi connectivity index (χ2v) is 7.78. The average Bonchev–Trinajstić information content (AvgIpc) is 2.50. The van der Waals surface area contributed by atoms with Crippen LogP contribution in [-0.4, -0.2) is 56.9 Å². The van der Waals surface area contributed by atoms with Crippen LogP contribution in [0, 0.1) is 6.92 Å². The highest BCUT2D eigenvalue weighted by Crippen LogP contribution is 2.23. The van der Waals surface area contributed by atoms with Crippen LogP contribution in [0.2, 0.25) is 0 Å². The molecule has 0 atom stereocenters. The molecule has 1 aliphatic heterocycles. The predicted octanol–water partition coefficient (Wildman–Crippen LogP) is 1.32. The molecule has 1 amide bonds. The maximum Gasteiger partial charge on any atom is 0.243 e. The minimum Gasteiger partial charge on any atom is -0.379 e. The van der Waals surface area contributed by atoms with Crippen LogP contribution in [0.25, 0.3) is 0 Å². The van der Waals surface area contributed by atoms with Gasteiger partial charge in [-0.1, -0.05) is 6.07 Å². The van der Waals surface area contributed by atoms with Crippen molar-refractivity contribution in [3.8, 4) is 0 Å². The zero-order valence-corrected chi connectivity index (χ0v) is 14.3. The van der Waals surface area contributed by atoms with Gasteiger partial charge in [0.2, 0.25) is 15.9 Å². The minimum absolute atomic E-state index is 0.142. The molecule has 22 heavy (non-hydrogen) atoms. The number of hydrogen-bond acceptors (Lipinski definition) is 5. The molecule has 1 aromatic carbocycles. The van der Waals surface area contributed by atoms with Crippen LogP contribution in [0.3, 0.4) is 0 Å². The van der Waals surface area contributed by atoms with E-state index in [2.05, 4.69) is 5.32 Å². The van der Waals surface area contributed by atoms with Gasteiger partial charge in [0.15, 0.2) is 0 Å². The number of rotatable bonds is 5. The molecular formula is C14H20N2O4S2. The standard InChI is InChI=1S/C14H20N2O4S2/c1-11-3-4-12(9-13(11)15-14(17)10-21-2)22(18,19)16-5-7-20-8-6-16/h3-4,9H,5-8,10H2,1-2H3,(H,15,17). The van der Waals surface area contributed by atoms with Gasteiger partial charge in [0, 0.05) is 18.8 Å². The Kier molecular flexibility index (Phi) is 5.85. The van der Waals surface area contributed by atoms with Gasteiger partial charge in [-0.2, -0.15) is 16.1 Å². The van der Waals surface area contributed by atoms with Crippen LogP contribution < -0.4 is 5.32 Å². The fraction of sp³-hybridized carbons (Fsp3) is 0.500. The van der Waals surface area contributed by atoms with Crippen LogP contribution in [0.4, 0.5) is 5.69 Å². The highest BCUT2D eigenvalue weighted by molar-refractivity contribution is 7.99. The summed E-state index contributed by atoms with van der Waals surface area (Å²) in [5.74, 6) is 0.191. The lowest BCUT2D eigenvalue weighted by atomic mass is 10.2. The zero-order valence-electron chi connectivity index (χ0n) is 12.7. The molecule has 6 nitrogen and oxygen atoms in total. The number of carbonyl (C=O) groups excluding carboxylic acids is 1. The molecule has 0 spiro atoms. The molecule has 1 fully saturated rings. The Labute approximate surface area is 135 Å². The van der Waals surface area contributed by atoms with E-state index >= 15 is 0 Å². The van der Waals surface area contributed by atoms with Crippen LogP contribution >= 0.6 is 11.8 Å². The highest BCUT2D eigenvalue weighted by Gasteiger charge is 2.26. The normalized spacial score (nSPS) is 16.5. The van der Waals surface area contributed by atoms with E-state index in [-0.39, 0.29) is 10.8 Å². The maximum absolute atomic E-state index is 12.6. The topological polar surface area (TPSA) is 75.7 Å². The van der Waals surface area contributed by atoms with Crippen LogP contribution in [0.5, 0.6) is 0 Å². The third kappa shape index (κ3) is 4.01. The first-order valence-corrected chi connectivity index (χ1v) is 9.76. The molecule has 0 unspecified atom stereocenters. The van der Waals surface area contributed by atoms with Gasteiger partial charge < -0.3 is 10.1 Å². The number of aryl methyl sites for hydroxylation is 1. The smallest absolute Gasteiger partial charge is 0.243 e. The quantitative estimate of drug-likeness (QED) is 0.872. The first kappa shape index (κ1) is 17.3. The molecule has 2 rings (SSSR count). The van der Waals surface area contributed by atoms with E-state index in [1.807, 2.05) is 13.2 Å². The van der Waals surface area contributed by atoms with Crippen molar-refractivity contribution in [3.05, 3.63) is 23.8 Å². The summed E-state index contributed by atoms with van der Waals surface area (Å²) in [7, 11) is -3.55. The van der Waals surface area contributed by atoms with E-state index in [1.165, 1.54) is 22.1 Å². The lowest BCUT2D eigenvalue weighted by molar-refractivity contribution is -0.113. The Morgan fingerprint density at radius 3 is 2.68 bits per heavy atom. The van der Waals surface area contributed by atoms with Gasteiger partial charge in [-0.15, -0.1) is 0 Å². The number of nitrogens with zero attached hydrogens (tertiary/aromatic N) is 1.